The van der Waals surface area contributed by atoms with E-state index in [9.17, 15) is 13.2 Å². The number of carboxylic acids is 1. The maximum Gasteiger partial charge on any atom is 0.335 e. The molecule has 0 aliphatic rings. The quantitative estimate of drug-likeness (QED) is 0.386. The van der Waals surface area contributed by atoms with Gasteiger partial charge in [0.2, 0.25) is 14.9 Å². The summed E-state index contributed by atoms with van der Waals surface area (Å²) in [6.45, 7) is 0. The van der Waals surface area contributed by atoms with Crippen molar-refractivity contribution in [3.63, 3.8) is 0 Å². The summed E-state index contributed by atoms with van der Waals surface area (Å²) in [5.74, 6) is -1.09. The summed E-state index contributed by atoms with van der Waals surface area (Å²) < 4.78 is 28.2. The lowest BCUT2D eigenvalue weighted by Gasteiger charge is -2.10. The lowest BCUT2D eigenvalue weighted by atomic mass is 10.1. The molecule has 0 atom stereocenters. The minimum Gasteiger partial charge on any atom is -0.478 e. The smallest absolute Gasteiger partial charge is 0.335 e. The maximum atomic E-state index is 13.5. The Morgan fingerprint density at radius 2 is 1.50 bits per heavy atom. The molecule has 1 aromatic heterocycles. The molecule has 0 amide bonds. The van der Waals surface area contributed by atoms with E-state index in [0.717, 1.165) is 0 Å². The lowest BCUT2D eigenvalue weighted by Crippen LogP contribution is -2.07. The van der Waals surface area contributed by atoms with E-state index >= 15 is 0 Å². The number of halogens is 3. The average molecular weight is 509 g/mol. The fourth-order valence-corrected chi connectivity index (χ4v) is 5.24. The van der Waals surface area contributed by atoms with Crippen LogP contribution in [0.15, 0.2) is 76.7 Å². The predicted octanol–water partition coefficient (Wildman–Crippen LogP) is 5.43. The Balaban J connectivity index is 1.96. The van der Waals surface area contributed by atoms with Gasteiger partial charge >= 0.3 is 5.97 Å². The van der Waals surface area contributed by atoms with Crippen LogP contribution in [0.3, 0.4) is 0 Å². The normalized spacial score (nSPS) is 11.5. The number of aromatic carboxylic acids is 1. The zero-order chi connectivity index (χ0) is 23.0. The molecule has 162 valence electrons. The Morgan fingerprint density at radius 1 is 0.875 bits per heavy atom. The number of carbonyl (C=O) groups is 1. The third-order valence-electron chi connectivity index (χ3n) is 4.55. The molecule has 0 bridgehead atoms. The minimum atomic E-state index is -4.20. The van der Waals surface area contributed by atoms with Crippen LogP contribution in [0.4, 0.5) is 0 Å². The summed E-state index contributed by atoms with van der Waals surface area (Å²) >= 11 is 18.1. The van der Waals surface area contributed by atoms with Crippen LogP contribution in [0.2, 0.25) is 15.1 Å². The van der Waals surface area contributed by atoms with Crippen LogP contribution < -0.4 is 0 Å². The molecule has 0 fully saturated rings. The van der Waals surface area contributed by atoms with Crippen LogP contribution in [0.5, 0.6) is 0 Å². The summed E-state index contributed by atoms with van der Waals surface area (Å²) in [5, 5.41) is 17.5. The van der Waals surface area contributed by atoms with Crippen LogP contribution in [0.1, 0.15) is 10.4 Å². The number of rotatable bonds is 5. The van der Waals surface area contributed by atoms with Gasteiger partial charge in [-0.2, -0.15) is 0 Å². The van der Waals surface area contributed by atoms with E-state index in [2.05, 4.69) is 10.3 Å². The van der Waals surface area contributed by atoms with Crippen molar-refractivity contribution in [3.8, 4) is 16.9 Å². The van der Waals surface area contributed by atoms with Crippen LogP contribution >= 0.6 is 34.8 Å². The SMILES string of the molecule is O=C(O)c1ccc(-n2nnc(S(=O)(=O)c3ccc(Cl)cc3Cl)c2-c2ccc(Cl)cc2)cc1. The van der Waals surface area contributed by atoms with Gasteiger partial charge in [0.15, 0.2) is 0 Å². The molecule has 0 unspecified atom stereocenters. The van der Waals surface area contributed by atoms with Crippen molar-refractivity contribution in [1.82, 2.24) is 15.0 Å². The van der Waals surface area contributed by atoms with Crippen LogP contribution in [0, 0.1) is 0 Å². The third kappa shape index (κ3) is 4.10. The topological polar surface area (TPSA) is 102 Å². The minimum absolute atomic E-state index is 0.0556. The fraction of sp³-hybridized carbons (Fsp3) is 0. The number of aromatic nitrogens is 3. The molecule has 7 nitrogen and oxygen atoms in total. The second-order valence-corrected chi connectivity index (χ2v) is 9.71. The van der Waals surface area contributed by atoms with Crippen molar-refractivity contribution in [2.45, 2.75) is 9.92 Å². The number of hydrogen-bond donors (Lipinski definition) is 1. The van der Waals surface area contributed by atoms with Gasteiger partial charge in [0.25, 0.3) is 0 Å². The Kier molecular flexibility index (Phi) is 5.96. The molecule has 0 aliphatic heterocycles. The molecule has 0 spiro atoms. The van der Waals surface area contributed by atoms with E-state index < -0.39 is 15.8 Å². The predicted molar refractivity (Wildman–Crippen MR) is 121 cm³/mol. The van der Waals surface area contributed by atoms with Crippen molar-refractivity contribution >= 4 is 50.6 Å². The van der Waals surface area contributed by atoms with E-state index in [0.29, 0.717) is 16.3 Å². The van der Waals surface area contributed by atoms with Gasteiger partial charge in [-0.1, -0.05) is 52.1 Å². The first-order valence-corrected chi connectivity index (χ1v) is 11.6. The fourth-order valence-electron chi connectivity index (χ4n) is 3.03. The summed E-state index contributed by atoms with van der Waals surface area (Å²) in [6.07, 6.45) is 0. The van der Waals surface area contributed by atoms with Gasteiger partial charge in [-0.3, -0.25) is 0 Å². The van der Waals surface area contributed by atoms with Gasteiger partial charge in [0.05, 0.1) is 21.2 Å². The number of hydrogen-bond acceptors (Lipinski definition) is 5. The standard InChI is InChI=1S/C21H12Cl3N3O4S/c22-14-5-1-12(2-6-14)19-20(32(30,31)18-10-7-15(23)11-17(18)24)25-26-27(19)16-8-3-13(4-9-16)21(28)29/h1-11H,(H,28,29). The molecule has 0 radical (unpaired) electrons. The molecular weight excluding hydrogens is 497 g/mol. The molecule has 3 aromatic carbocycles. The molecule has 4 aromatic rings. The Bertz CT molecular complexity index is 1430. The Morgan fingerprint density at radius 3 is 2.09 bits per heavy atom. The molecule has 11 heteroatoms. The van der Waals surface area contributed by atoms with Crippen molar-refractivity contribution in [1.29, 1.82) is 0 Å². The number of sulfone groups is 1. The van der Waals surface area contributed by atoms with Gasteiger partial charge in [0.1, 0.15) is 5.69 Å². The van der Waals surface area contributed by atoms with Gasteiger partial charge in [0, 0.05) is 15.6 Å². The van der Waals surface area contributed by atoms with Crippen molar-refractivity contribution in [2.24, 2.45) is 0 Å². The Labute approximate surface area is 197 Å². The first-order valence-electron chi connectivity index (χ1n) is 8.94. The molecule has 0 saturated heterocycles. The van der Waals surface area contributed by atoms with Gasteiger partial charge in [-0.05, 0) is 54.6 Å². The van der Waals surface area contributed by atoms with Gasteiger partial charge in [-0.25, -0.2) is 17.9 Å². The van der Waals surface area contributed by atoms with E-state index in [1.807, 2.05) is 0 Å². The zero-order valence-corrected chi connectivity index (χ0v) is 19.0. The second kappa shape index (κ2) is 8.55. The monoisotopic (exact) mass is 507 g/mol. The largest absolute Gasteiger partial charge is 0.478 e. The van der Waals surface area contributed by atoms with Crippen molar-refractivity contribution in [2.75, 3.05) is 0 Å². The second-order valence-electron chi connectivity index (χ2n) is 6.59. The van der Waals surface area contributed by atoms with E-state index in [4.69, 9.17) is 39.9 Å². The molecular formula is C21H12Cl3N3O4S. The van der Waals surface area contributed by atoms with E-state index in [-0.39, 0.29) is 31.2 Å². The molecule has 1 N–H and O–H groups in total. The maximum absolute atomic E-state index is 13.5. The first kappa shape index (κ1) is 22.3. The highest BCUT2D eigenvalue weighted by Crippen LogP contribution is 2.35. The molecule has 0 aliphatic carbocycles. The summed E-state index contributed by atoms with van der Waals surface area (Å²) in [7, 11) is -4.20. The first-order chi connectivity index (χ1) is 15.2. The van der Waals surface area contributed by atoms with E-state index in [1.54, 1.807) is 24.3 Å². The third-order valence-corrected chi connectivity index (χ3v) is 7.18. The van der Waals surface area contributed by atoms with Crippen molar-refractivity contribution < 1.29 is 18.3 Å². The van der Waals surface area contributed by atoms with Crippen LogP contribution in [0.25, 0.3) is 16.9 Å². The Hall–Kier alpha value is -2.91. The number of benzene rings is 3. The summed E-state index contributed by atoms with van der Waals surface area (Å²) in [6, 6.07) is 16.3. The van der Waals surface area contributed by atoms with E-state index in [1.165, 1.54) is 47.1 Å². The van der Waals surface area contributed by atoms with Gasteiger partial charge < -0.3 is 5.11 Å². The van der Waals surface area contributed by atoms with Crippen LogP contribution in [-0.4, -0.2) is 34.5 Å². The molecule has 0 saturated carbocycles. The van der Waals surface area contributed by atoms with Gasteiger partial charge in [-0.15, -0.1) is 5.10 Å². The number of nitrogens with zero attached hydrogens (tertiary/aromatic N) is 3. The zero-order valence-electron chi connectivity index (χ0n) is 15.9. The highest BCUT2D eigenvalue weighted by atomic mass is 35.5. The molecule has 4 rings (SSSR count). The summed E-state index contributed by atoms with van der Waals surface area (Å²) in [4.78, 5) is 11.0. The highest BCUT2D eigenvalue weighted by Gasteiger charge is 2.31. The summed E-state index contributed by atoms with van der Waals surface area (Å²) in [5.41, 5.74) is 1.12. The van der Waals surface area contributed by atoms with Crippen molar-refractivity contribution in [3.05, 3.63) is 87.4 Å². The number of carboxylic acid groups (broad SMARTS) is 1. The van der Waals surface area contributed by atoms with Crippen LogP contribution in [-0.2, 0) is 9.84 Å². The highest BCUT2D eigenvalue weighted by molar-refractivity contribution is 7.91. The lowest BCUT2D eigenvalue weighted by molar-refractivity contribution is 0.0697. The molecule has 1 heterocycles. The molecule has 32 heavy (non-hydrogen) atoms. The average Bonchev–Trinajstić information content (AvgIpc) is 3.20.